The Bertz CT molecular complexity index is 444. The summed E-state index contributed by atoms with van der Waals surface area (Å²) in [4.78, 5) is 11.6. The molecule has 0 bridgehead atoms. The average Bonchev–Trinajstić information content (AvgIpc) is 3.13. The van der Waals surface area contributed by atoms with Gasteiger partial charge in [-0.1, -0.05) is 11.6 Å². The Hall–Kier alpha value is -0.490. The van der Waals surface area contributed by atoms with Gasteiger partial charge in [-0.3, -0.25) is 0 Å². The number of halogens is 2. The number of hydrogen-bond acceptors (Lipinski definition) is 3. The molecule has 0 aliphatic heterocycles. The summed E-state index contributed by atoms with van der Waals surface area (Å²) in [5.74, 6) is 0.764. The van der Waals surface area contributed by atoms with Crippen molar-refractivity contribution < 1.29 is 14.3 Å². The molecule has 1 fully saturated rings. The highest BCUT2D eigenvalue weighted by atomic mass is 127. The van der Waals surface area contributed by atoms with Gasteiger partial charge in [0.2, 0.25) is 0 Å². The molecule has 0 radical (unpaired) electrons. The van der Waals surface area contributed by atoms with E-state index in [0.29, 0.717) is 28.9 Å². The first-order valence-corrected chi connectivity index (χ1v) is 6.77. The first-order chi connectivity index (χ1) is 8.11. The minimum Gasteiger partial charge on any atom is -0.492 e. The topological polar surface area (TPSA) is 35.5 Å². The molecule has 2 rings (SSSR count). The monoisotopic (exact) mass is 366 g/mol. The zero-order valence-corrected chi connectivity index (χ0v) is 12.2. The lowest BCUT2D eigenvalue weighted by molar-refractivity contribution is 0.0595. The van der Waals surface area contributed by atoms with E-state index in [1.54, 1.807) is 12.1 Å². The average molecular weight is 367 g/mol. The maximum atomic E-state index is 11.6. The Kier molecular flexibility index (Phi) is 4.14. The van der Waals surface area contributed by atoms with Crippen LogP contribution in [0.4, 0.5) is 0 Å². The molecule has 0 amide bonds. The summed E-state index contributed by atoms with van der Waals surface area (Å²) in [7, 11) is 1.35. The fourth-order valence-electron chi connectivity index (χ4n) is 1.41. The molecule has 1 aliphatic carbocycles. The van der Waals surface area contributed by atoms with E-state index in [2.05, 4.69) is 22.6 Å². The van der Waals surface area contributed by atoms with Crippen molar-refractivity contribution in [3.63, 3.8) is 0 Å². The molecule has 0 N–H and O–H groups in total. The SMILES string of the molecule is COC(=O)c1cc(Cl)c(I)cc1OCC1CC1. The van der Waals surface area contributed by atoms with Gasteiger partial charge in [-0.15, -0.1) is 0 Å². The second-order valence-electron chi connectivity index (χ2n) is 4.01. The zero-order valence-electron chi connectivity index (χ0n) is 9.33. The van der Waals surface area contributed by atoms with Crippen molar-refractivity contribution in [2.45, 2.75) is 12.8 Å². The normalized spacial score (nSPS) is 14.5. The summed E-state index contributed by atoms with van der Waals surface area (Å²) < 4.78 is 11.2. The van der Waals surface area contributed by atoms with Gasteiger partial charge in [0.25, 0.3) is 0 Å². The minimum absolute atomic E-state index is 0.388. The van der Waals surface area contributed by atoms with E-state index in [0.717, 1.165) is 3.57 Å². The first-order valence-electron chi connectivity index (χ1n) is 5.32. The molecule has 0 atom stereocenters. The van der Waals surface area contributed by atoms with Crippen molar-refractivity contribution in [3.8, 4) is 5.75 Å². The van der Waals surface area contributed by atoms with Crippen LogP contribution in [0.15, 0.2) is 12.1 Å². The molecule has 0 unspecified atom stereocenters. The molecule has 0 aromatic heterocycles. The van der Waals surface area contributed by atoms with Crippen LogP contribution in [0.25, 0.3) is 0 Å². The van der Waals surface area contributed by atoms with Crippen LogP contribution in [0.5, 0.6) is 5.75 Å². The number of carbonyl (C=O) groups excluding carboxylic acids is 1. The molecule has 17 heavy (non-hydrogen) atoms. The standard InChI is InChI=1S/C12H12ClIO3/c1-16-12(15)8-4-9(13)10(14)5-11(8)17-6-7-2-3-7/h4-5,7H,2-3,6H2,1H3. The molecular formula is C12H12ClIO3. The van der Waals surface area contributed by atoms with Crippen LogP contribution >= 0.6 is 34.2 Å². The molecule has 0 spiro atoms. The van der Waals surface area contributed by atoms with Gasteiger partial charge in [-0.2, -0.15) is 0 Å². The van der Waals surface area contributed by atoms with Crippen LogP contribution in [0.1, 0.15) is 23.2 Å². The first kappa shape index (κ1) is 13.0. The summed E-state index contributed by atoms with van der Waals surface area (Å²) in [6.07, 6.45) is 2.41. The Morgan fingerprint density at radius 2 is 2.24 bits per heavy atom. The Morgan fingerprint density at radius 3 is 2.82 bits per heavy atom. The fourth-order valence-corrected chi connectivity index (χ4v) is 2.01. The van der Waals surface area contributed by atoms with Crippen LogP contribution in [0.2, 0.25) is 5.02 Å². The highest BCUT2D eigenvalue weighted by Crippen LogP contribution is 2.33. The number of ether oxygens (including phenoxy) is 2. The van der Waals surface area contributed by atoms with Crippen molar-refractivity contribution in [2.75, 3.05) is 13.7 Å². The van der Waals surface area contributed by atoms with Crippen LogP contribution in [0.3, 0.4) is 0 Å². The Morgan fingerprint density at radius 1 is 1.53 bits per heavy atom. The summed E-state index contributed by atoms with van der Waals surface area (Å²) in [6, 6.07) is 3.37. The predicted octanol–water partition coefficient (Wildman–Crippen LogP) is 3.52. The lowest BCUT2D eigenvalue weighted by atomic mass is 10.2. The summed E-state index contributed by atoms with van der Waals surface area (Å²) in [5, 5.41) is 0.532. The lowest BCUT2D eigenvalue weighted by Gasteiger charge is -2.11. The second-order valence-corrected chi connectivity index (χ2v) is 5.58. The Balaban J connectivity index is 2.25. The maximum Gasteiger partial charge on any atom is 0.341 e. The van der Waals surface area contributed by atoms with Gasteiger partial charge < -0.3 is 9.47 Å². The maximum absolute atomic E-state index is 11.6. The fraction of sp³-hybridized carbons (Fsp3) is 0.417. The van der Waals surface area contributed by atoms with E-state index in [9.17, 15) is 4.79 Å². The quantitative estimate of drug-likeness (QED) is 0.604. The third kappa shape index (κ3) is 3.25. The van der Waals surface area contributed by atoms with E-state index >= 15 is 0 Å². The number of hydrogen-bond donors (Lipinski definition) is 0. The van der Waals surface area contributed by atoms with Gasteiger partial charge in [-0.05, 0) is 53.5 Å². The number of benzene rings is 1. The minimum atomic E-state index is -0.422. The third-order valence-corrected chi connectivity index (χ3v) is 4.12. The van der Waals surface area contributed by atoms with Crippen molar-refractivity contribution >= 4 is 40.2 Å². The molecule has 92 valence electrons. The van der Waals surface area contributed by atoms with Crippen LogP contribution in [-0.4, -0.2) is 19.7 Å². The van der Waals surface area contributed by atoms with Crippen molar-refractivity contribution in [2.24, 2.45) is 5.92 Å². The molecule has 3 nitrogen and oxygen atoms in total. The molecule has 5 heteroatoms. The molecule has 1 aromatic rings. The third-order valence-electron chi connectivity index (χ3n) is 2.60. The van der Waals surface area contributed by atoms with Crippen molar-refractivity contribution in [1.29, 1.82) is 0 Å². The van der Waals surface area contributed by atoms with Crippen LogP contribution < -0.4 is 4.74 Å². The van der Waals surface area contributed by atoms with E-state index < -0.39 is 5.97 Å². The molecule has 0 saturated heterocycles. The molecule has 1 aromatic carbocycles. The molecule has 1 aliphatic rings. The largest absolute Gasteiger partial charge is 0.492 e. The number of carbonyl (C=O) groups is 1. The van der Waals surface area contributed by atoms with Gasteiger partial charge in [0, 0.05) is 3.57 Å². The smallest absolute Gasteiger partial charge is 0.341 e. The van der Waals surface area contributed by atoms with Gasteiger partial charge >= 0.3 is 5.97 Å². The molecule has 1 saturated carbocycles. The number of esters is 1. The summed E-state index contributed by atoms with van der Waals surface area (Å²) >= 11 is 8.10. The van der Waals surface area contributed by atoms with Crippen LogP contribution in [0, 0.1) is 9.49 Å². The number of rotatable bonds is 4. The van der Waals surface area contributed by atoms with E-state index in [1.165, 1.54) is 20.0 Å². The second kappa shape index (κ2) is 5.44. The van der Waals surface area contributed by atoms with E-state index in [1.807, 2.05) is 0 Å². The summed E-state index contributed by atoms with van der Waals surface area (Å²) in [6.45, 7) is 0.654. The van der Waals surface area contributed by atoms with Crippen molar-refractivity contribution in [1.82, 2.24) is 0 Å². The van der Waals surface area contributed by atoms with E-state index in [4.69, 9.17) is 21.1 Å². The summed E-state index contributed by atoms with van der Waals surface area (Å²) in [5.41, 5.74) is 0.388. The highest BCUT2D eigenvalue weighted by molar-refractivity contribution is 14.1. The van der Waals surface area contributed by atoms with Gasteiger partial charge in [-0.25, -0.2) is 4.79 Å². The van der Waals surface area contributed by atoms with Crippen LogP contribution in [-0.2, 0) is 4.74 Å². The highest BCUT2D eigenvalue weighted by Gasteiger charge is 2.23. The Labute approximate surface area is 119 Å². The van der Waals surface area contributed by atoms with Crippen molar-refractivity contribution in [3.05, 3.63) is 26.3 Å². The number of methoxy groups -OCH3 is 1. The van der Waals surface area contributed by atoms with Gasteiger partial charge in [0.1, 0.15) is 11.3 Å². The lowest BCUT2D eigenvalue weighted by Crippen LogP contribution is -2.08. The predicted molar refractivity (Wildman–Crippen MR) is 73.7 cm³/mol. The molecule has 0 heterocycles. The molecular weight excluding hydrogens is 354 g/mol. The van der Waals surface area contributed by atoms with Gasteiger partial charge in [0.05, 0.1) is 18.7 Å². The zero-order chi connectivity index (χ0) is 12.4. The van der Waals surface area contributed by atoms with E-state index in [-0.39, 0.29) is 0 Å². The van der Waals surface area contributed by atoms with Gasteiger partial charge in [0.15, 0.2) is 0 Å².